The molecule has 5 unspecified atom stereocenters. The fourth-order valence-electron chi connectivity index (χ4n) is 20.4. The fourth-order valence-corrected chi connectivity index (χ4v) is 21.4. The highest BCUT2D eigenvalue weighted by Crippen LogP contribution is 2.45. The van der Waals surface area contributed by atoms with Crippen molar-refractivity contribution in [2.45, 2.75) is 135 Å². The van der Waals surface area contributed by atoms with Gasteiger partial charge in [-0.05, 0) is 264 Å². The van der Waals surface area contributed by atoms with Crippen LogP contribution in [0.15, 0.2) is 267 Å². The van der Waals surface area contributed by atoms with Gasteiger partial charge in [0, 0.05) is 58.9 Å². The largest absolute Gasteiger partial charge is 0.508 e. The molecule has 5 saturated carbocycles. The van der Waals surface area contributed by atoms with E-state index in [4.69, 9.17) is 42.8 Å². The van der Waals surface area contributed by atoms with E-state index in [-0.39, 0.29) is 71.3 Å². The number of pyridine rings is 3. The minimum atomic E-state index is -3.41. The summed E-state index contributed by atoms with van der Waals surface area (Å²) in [5.41, 5.74) is 3.37. The van der Waals surface area contributed by atoms with Crippen LogP contribution in [0.1, 0.15) is 129 Å². The SMILES string of the molecule is CCN(CC)CC.CS(=O)(=O)OC1C[C@@H]2CN(C(=O)OCc3ccccc3)C[C@@H]2C1.O=C(CBr)c1ccc(O)cn1.O=C(CN1C[C@H]2CC(Oc3ccccc3)C[C@H]2C1)c1ccc(O)cn1.O=C(OCc1ccccc1)N1C[C@H]2CC(Oc3ccccc3)C[C@H]2C1.Oc1ccc([C@@H](O)CN2C[C@H]3CC(Oc4ccccc4)C[C@H]3C2)nc1.Oc1ccccc1.c1ccc(OC2C[C@H]3CNC[C@H]3C2)cc1. The number of β-amino-alcohol motifs (C(OH)–C–C–N with tert-alkyl or cyclic N) is 1. The topological polar surface area (TPSA) is 335 Å². The molecule has 8 heterocycles. The van der Waals surface area contributed by atoms with Crippen molar-refractivity contribution >= 4 is 49.8 Å². The summed E-state index contributed by atoms with van der Waals surface area (Å²) in [6, 6.07) is 77.6. The Labute approximate surface area is 820 Å². The number of phenols is 1. The quantitative estimate of drug-likeness (QED) is 0.0176. The molecule has 10 aromatic rings. The Morgan fingerprint density at radius 3 is 1.01 bits per heavy atom. The number of carbonyl (C=O) groups is 4. The van der Waals surface area contributed by atoms with Gasteiger partial charge in [0.25, 0.3) is 10.1 Å². The Bertz CT molecular complexity index is 5330. The first-order valence-electron chi connectivity index (χ1n) is 48.5. The van der Waals surface area contributed by atoms with Crippen molar-refractivity contribution in [3.8, 4) is 46.0 Å². The van der Waals surface area contributed by atoms with Gasteiger partial charge in [0.15, 0.2) is 11.6 Å². The van der Waals surface area contributed by atoms with Crippen LogP contribution in [0.3, 0.4) is 0 Å². The number of likely N-dealkylation sites (tertiary alicyclic amines) is 4. The number of aromatic nitrogens is 3. The van der Waals surface area contributed by atoms with E-state index < -0.39 is 16.2 Å². The molecule has 20 rings (SSSR count). The summed E-state index contributed by atoms with van der Waals surface area (Å²) in [6.07, 6.45) is 15.1. The molecule has 10 aliphatic rings. The molecule has 5 saturated heterocycles. The number of nitrogens with one attached hydrogen (secondary N) is 1. The summed E-state index contributed by atoms with van der Waals surface area (Å²) in [6.45, 7) is 20.8. The van der Waals surface area contributed by atoms with Crippen molar-refractivity contribution in [2.24, 2.45) is 59.2 Å². The lowest BCUT2D eigenvalue weighted by Gasteiger charge is -2.22. The lowest BCUT2D eigenvalue weighted by atomic mass is 10.0. The first-order valence-corrected chi connectivity index (χ1v) is 51.4. The average molecular weight is 1970 g/mol. The lowest BCUT2D eigenvalue weighted by molar-refractivity contribution is 0.0929. The molecule has 3 aromatic heterocycles. The van der Waals surface area contributed by atoms with Gasteiger partial charge in [0.05, 0.1) is 72.9 Å². The van der Waals surface area contributed by atoms with Crippen LogP contribution in [0.4, 0.5) is 9.59 Å². The number of ketones is 2. The van der Waals surface area contributed by atoms with Crippen LogP contribution < -0.4 is 24.3 Å². The van der Waals surface area contributed by atoms with Gasteiger partial charge < -0.3 is 74.0 Å². The molecule has 27 nitrogen and oxygen atoms in total. The highest BCUT2D eigenvalue weighted by Gasteiger charge is 2.48. The van der Waals surface area contributed by atoms with Crippen molar-refractivity contribution in [1.29, 1.82) is 0 Å². The van der Waals surface area contributed by atoms with E-state index in [2.05, 4.69) is 71.7 Å². The first-order chi connectivity index (χ1) is 66.9. The second-order valence-electron chi connectivity index (χ2n) is 37.2. The van der Waals surface area contributed by atoms with Gasteiger partial charge in [-0.15, -0.1) is 0 Å². The number of fused-ring (bicyclic) bond motifs is 5. The number of halogens is 1. The summed E-state index contributed by atoms with van der Waals surface area (Å²) in [4.78, 5) is 70.0. The van der Waals surface area contributed by atoms with Gasteiger partial charge >= 0.3 is 12.2 Å². The Kier molecular flexibility index (Phi) is 39.9. The third-order valence-corrected chi connectivity index (χ3v) is 28.3. The van der Waals surface area contributed by atoms with Crippen LogP contribution in [0.2, 0.25) is 0 Å². The van der Waals surface area contributed by atoms with Gasteiger partial charge in [-0.1, -0.05) is 188 Å². The summed E-state index contributed by atoms with van der Waals surface area (Å²) in [5.74, 6) is 10.2. The fraction of sp³-hybridized carbons (Fsp3) is 0.440. The third kappa shape index (κ3) is 33.1. The molecule has 5 aliphatic heterocycles. The number of hydrogen-bond donors (Lipinski definition) is 6. The minimum Gasteiger partial charge on any atom is -0.508 e. The standard InChI is InChI=1S/C21H23NO3.C20H24N2O3.C20H22N2O3.C16H21NO5S.C13H17NO.C7H6BrNO2.C6H15N.C6H6O/c23-21(24-15-16-7-3-1-4-8-16)22-13-17-11-20(12-18(17)14-22)25-19-9-5-2-6-10-19;2*23-16-6-7-19(21-10-16)20(24)13-22-11-14-8-18(9-15(14)12-22)25-17-4-2-1-3-5-17;1-23(19,20)22-15-7-13-9-17(10-14(13)8-15)16(18)21-11-12-5-3-2-4-6-12;1-2-4-12(5-3-1)15-13-6-10-8-14-9-11(10)7-13;8-3-7(11)6-2-1-5(10)4-9-6;1-4-7(5-2)6-3;7-6-4-2-1-3-5-6/h1-10,17-18,20H,11-15H2;1-7,10,14-15,18,20,23-24H,8-9,11-13H2;1-7,10,14-15,18,23H,8-9,11-13H2;2-6,13-15H,7-11H2,1H3;1-5,10-11,13-14H,6-9H2;1-2,4,10H,3H2;4-6H2,1-3H3;1-5,7H/t17-,18+,20?;14-,15+,18?,20-;14-,15+,18?;13-,14+,15?;10-,11+,13?;;;/m.0....../s1. The van der Waals surface area contributed by atoms with E-state index in [9.17, 15) is 42.9 Å². The molecule has 736 valence electrons. The molecule has 138 heavy (non-hydrogen) atoms. The number of alkyl halides is 1. The number of amides is 2. The molecule has 29 heteroatoms. The molecule has 7 aromatic carbocycles. The van der Waals surface area contributed by atoms with Gasteiger partial charge in [-0.2, -0.15) is 8.42 Å². The van der Waals surface area contributed by atoms with Gasteiger partial charge in [-0.25, -0.2) is 19.6 Å². The van der Waals surface area contributed by atoms with Crippen LogP contribution in [0.25, 0.3) is 0 Å². The summed E-state index contributed by atoms with van der Waals surface area (Å²) >= 11 is 3.02. The van der Waals surface area contributed by atoms with E-state index in [1.165, 1.54) is 82.4 Å². The number of nitrogens with zero attached hydrogens (tertiary/aromatic N) is 8. The maximum atomic E-state index is 12.3. The zero-order chi connectivity index (χ0) is 97.1. The second-order valence-corrected chi connectivity index (χ2v) is 39.4. The highest BCUT2D eigenvalue weighted by molar-refractivity contribution is 9.09. The number of aromatic hydroxyl groups is 4. The number of hydrogen-bond acceptors (Lipinski definition) is 25. The smallest absolute Gasteiger partial charge is 0.410 e. The molecule has 10 fully saturated rings. The number of benzene rings is 7. The number of aliphatic hydroxyl groups is 1. The summed E-state index contributed by atoms with van der Waals surface area (Å²) in [7, 11) is -3.41. The minimum absolute atomic E-state index is 0.0112. The van der Waals surface area contributed by atoms with Crippen molar-refractivity contribution in [3.05, 3.63) is 296 Å². The predicted octanol–water partition coefficient (Wildman–Crippen LogP) is 17.7. The second kappa shape index (κ2) is 53.0. The number of ether oxygens (including phenoxy) is 6. The number of para-hydroxylation sites is 5. The first kappa shape index (κ1) is 104. The molecule has 16 atom stereocenters. The van der Waals surface area contributed by atoms with Gasteiger partial charge in [0.2, 0.25) is 0 Å². The van der Waals surface area contributed by atoms with E-state index in [0.29, 0.717) is 128 Å². The van der Waals surface area contributed by atoms with Crippen molar-refractivity contribution in [2.75, 3.05) is 110 Å². The van der Waals surface area contributed by atoms with Crippen LogP contribution in [-0.4, -0.2) is 237 Å². The van der Waals surface area contributed by atoms with E-state index in [1.807, 2.05) is 193 Å². The Morgan fingerprint density at radius 2 is 0.703 bits per heavy atom. The van der Waals surface area contributed by atoms with Crippen molar-refractivity contribution in [1.82, 2.24) is 44.8 Å². The number of Topliss-reactive ketones (excluding diaryl/α,β-unsaturated/α-hetero) is 2. The van der Waals surface area contributed by atoms with Crippen molar-refractivity contribution in [3.63, 3.8) is 0 Å². The Balaban J connectivity index is 0.000000138. The van der Waals surface area contributed by atoms with Crippen LogP contribution in [0, 0.1) is 59.2 Å². The van der Waals surface area contributed by atoms with E-state index in [1.54, 1.807) is 47.4 Å². The summed E-state index contributed by atoms with van der Waals surface area (Å²) < 4.78 is 62.5. The van der Waals surface area contributed by atoms with E-state index in [0.717, 1.165) is 130 Å². The molecule has 6 N–H and O–H groups in total. The third-order valence-electron chi connectivity index (χ3n) is 27.2. The number of rotatable bonds is 25. The maximum absolute atomic E-state index is 12.3. The normalized spacial score (nSPS) is 24.0. The number of aliphatic hydroxyl groups excluding tert-OH is 1. The predicted molar refractivity (Wildman–Crippen MR) is 533 cm³/mol. The van der Waals surface area contributed by atoms with Gasteiger partial charge in [-0.3, -0.25) is 28.6 Å². The van der Waals surface area contributed by atoms with Crippen LogP contribution in [-0.2, 0) is 37.0 Å². The monoisotopic (exact) mass is 1970 g/mol. The van der Waals surface area contributed by atoms with Gasteiger partial charge in [0.1, 0.15) is 76.7 Å². The molecule has 0 bridgehead atoms. The lowest BCUT2D eigenvalue weighted by Crippen LogP contribution is -2.31. The molecule has 5 aliphatic carbocycles. The zero-order valence-electron chi connectivity index (χ0n) is 79.3. The van der Waals surface area contributed by atoms with Crippen LogP contribution in [0.5, 0.6) is 46.0 Å². The molecular formula is C109H134BrN9O18S. The Hall–Kier alpha value is -11.5. The summed E-state index contributed by atoms with van der Waals surface area (Å²) in [5, 5.41) is 50.1. The number of carbonyl (C=O) groups excluding carboxylic acids is 4. The molecule has 2 amide bonds. The van der Waals surface area contributed by atoms with E-state index >= 15 is 0 Å². The van der Waals surface area contributed by atoms with Crippen LogP contribution >= 0.6 is 15.9 Å². The zero-order valence-corrected chi connectivity index (χ0v) is 81.7. The van der Waals surface area contributed by atoms with Crippen molar-refractivity contribution < 1.29 is 85.7 Å². The average Bonchev–Trinajstić information content (AvgIpc) is 1.68. The molecule has 0 spiro atoms. The maximum Gasteiger partial charge on any atom is 0.410 e. The number of phenolic OH excluding ortho intramolecular Hbond substituents is 1. The Morgan fingerprint density at radius 1 is 0.391 bits per heavy atom. The highest BCUT2D eigenvalue weighted by atomic mass is 79.9. The molecular weight excluding hydrogens is 1840 g/mol. The molecule has 0 radical (unpaired) electrons.